The lowest BCUT2D eigenvalue weighted by Gasteiger charge is -2.71. The lowest BCUT2D eigenvalue weighted by molar-refractivity contribution is -0.241. The molecule has 4 saturated carbocycles. The third-order valence-electron chi connectivity index (χ3n) is 13.4. The summed E-state index contributed by atoms with van der Waals surface area (Å²) in [7, 11) is 0. The summed E-state index contributed by atoms with van der Waals surface area (Å²) in [6.07, 6.45) is 3.88. The van der Waals surface area contributed by atoms with Crippen LogP contribution in [-0.2, 0) is 9.59 Å². The van der Waals surface area contributed by atoms with E-state index in [1.807, 2.05) is 13.8 Å². The molecule has 0 saturated heterocycles. The van der Waals surface area contributed by atoms with Crippen LogP contribution in [0.4, 0.5) is 0 Å². The van der Waals surface area contributed by atoms with Crippen LogP contribution in [0.25, 0.3) is 0 Å². The maximum absolute atomic E-state index is 12.8. The van der Waals surface area contributed by atoms with E-state index < -0.39 is 52.4 Å². The number of hydrogen-bond acceptors (Lipinski definition) is 5. The molecule has 37 heavy (non-hydrogen) atoms. The van der Waals surface area contributed by atoms with Crippen LogP contribution in [0, 0.1) is 50.2 Å². The fraction of sp³-hybridized carbons (Fsp3) is 0.867. The molecule has 0 aromatic carbocycles. The predicted octanol–water partition coefficient (Wildman–Crippen LogP) is 4.24. The smallest absolute Gasteiger partial charge is 0.312 e. The van der Waals surface area contributed by atoms with Gasteiger partial charge in [0.15, 0.2) is 0 Å². The number of carboxylic acid groups (broad SMARTS) is 2. The van der Waals surface area contributed by atoms with Crippen molar-refractivity contribution in [1.29, 1.82) is 0 Å². The van der Waals surface area contributed by atoms with Gasteiger partial charge in [-0.15, -0.1) is 0 Å². The average molecular weight is 519 g/mol. The first-order chi connectivity index (χ1) is 16.9. The third-order valence-corrected chi connectivity index (χ3v) is 13.4. The molecule has 5 rings (SSSR count). The molecule has 0 amide bonds. The Labute approximate surface area is 220 Å². The van der Waals surface area contributed by atoms with E-state index in [0.29, 0.717) is 44.9 Å². The second-order valence-electron chi connectivity index (χ2n) is 15.0. The van der Waals surface area contributed by atoms with Crippen LogP contribution in [0.15, 0.2) is 11.6 Å². The van der Waals surface area contributed by atoms with Crippen molar-refractivity contribution in [3.63, 3.8) is 0 Å². The van der Waals surface area contributed by atoms with Crippen molar-refractivity contribution in [1.82, 2.24) is 0 Å². The van der Waals surface area contributed by atoms with E-state index in [-0.39, 0.29) is 28.1 Å². The van der Waals surface area contributed by atoms with Crippen molar-refractivity contribution in [3.8, 4) is 0 Å². The summed E-state index contributed by atoms with van der Waals surface area (Å²) in [5.74, 6) is -2.53. The zero-order valence-corrected chi connectivity index (χ0v) is 23.3. The molecule has 0 unspecified atom stereocenters. The summed E-state index contributed by atoms with van der Waals surface area (Å²) in [4.78, 5) is 25.4. The van der Waals surface area contributed by atoms with Crippen molar-refractivity contribution < 1.29 is 35.1 Å². The predicted molar refractivity (Wildman–Crippen MR) is 137 cm³/mol. The van der Waals surface area contributed by atoms with Crippen molar-refractivity contribution in [2.24, 2.45) is 50.2 Å². The number of fused-ring (bicyclic) bond motifs is 7. The lowest BCUT2D eigenvalue weighted by atomic mass is 9.33. The van der Waals surface area contributed by atoms with E-state index in [2.05, 4.69) is 26.8 Å². The van der Waals surface area contributed by atoms with Gasteiger partial charge in [0.05, 0.1) is 29.1 Å². The summed E-state index contributed by atoms with van der Waals surface area (Å²) >= 11 is 0. The molecule has 7 nitrogen and oxygen atoms in total. The number of aliphatic hydroxyl groups is 3. The molecule has 0 aromatic heterocycles. The van der Waals surface area contributed by atoms with E-state index >= 15 is 0 Å². The molecule has 0 radical (unpaired) electrons. The highest BCUT2D eigenvalue weighted by Gasteiger charge is 2.72. The van der Waals surface area contributed by atoms with E-state index in [9.17, 15) is 35.1 Å². The molecule has 208 valence electrons. The maximum Gasteiger partial charge on any atom is 0.312 e. The molecule has 0 spiro atoms. The Hall–Kier alpha value is -1.44. The number of rotatable bonds is 2. The fourth-order valence-corrected chi connectivity index (χ4v) is 10.7. The molecule has 5 aliphatic carbocycles. The molecule has 5 N–H and O–H groups in total. The molecular formula is C30H46O7. The van der Waals surface area contributed by atoms with Crippen molar-refractivity contribution >= 4 is 11.9 Å². The second kappa shape index (κ2) is 7.82. The van der Waals surface area contributed by atoms with Gasteiger partial charge in [0.2, 0.25) is 0 Å². The van der Waals surface area contributed by atoms with Gasteiger partial charge in [-0.05, 0) is 91.8 Å². The highest BCUT2D eigenvalue weighted by atomic mass is 16.4. The van der Waals surface area contributed by atoms with E-state index in [4.69, 9.17) is 0 Å². The SMILES string of the molecule is CC1(C)CC[C@]2(C(=O)O)CC[C@]3(C)C(=CC[C@@H]4[C@@]5(C)C[C@@H](O)[C@H](O)[C@@](C)(C(=O)O)[C@H]5CC[C@]43C)[C@@H]2[C@H]1O. The van der Waals surface area contributed by atoms with E-state index in [0.717, 1.165) is 12.0 Å². The van der Waals surface area contributed by atoms with Crippen LogP contribution >= 0.6 is 0 Å². The Kier molecular flexibility index (Phi) is 5.73. The Bertz CT molecular complexity index is 1050. The number of carboxylic acids is 2. The van der Waals surface area contributed by atoms with Gasteiger partial charge in [-0.3, -0.25) is 9.59 Å². The average Bonchev–Trinajstić information content (AvgIpc) is 2.80. The quantitative estimate of drug-likeness (QED) is 0.345. The van der Waals surface area contributed by atoms with Gasteiger partial charge < -0.3 is 25.5 Å². The third kappa shape index (κ3) is 3.05. The molecule has 0 aromatic rings. The number of aliphatic carboxylic acids is 2. The highest BCUT2D eigenvalue weighted by molar-refractivity contribution is 5.77. The van der Waals surface area contributed by atoms with Crippen LogP contribution < -0.4 is 0 Å². The Balaban J connectivity index is 1.64. The topological polar surface area (TPSA) is 135 Å². The first-order valence-electron chi connectivity index (χ1n) is 14.1. The van der Waals surface area contributed by atoms with Crippen molar-refractivity contribution in [2.75, 3.05) is 0 Å². The summed E-state index contributed by atoms with van der Waals surface area (Å²) in [6, 6.07) is 0. The molecule has 11 atom stereocenters. The summed E-state index contributed by atoms with van der Waals surface area (Å²) in [5.41, 5.74) is -2.80. The number of carbonyl (C=O) groups is 2. The van der Waals surface area contributed by atoms with E-state index in [1.165, 1.54) is 0 Å². The Morgan fingerprint density at radius 3 is 2.03 bits per heavy atom. The van der Waals surface area contributed by atoms with Gasteiger partial charge in [-0.2, -0.15) is 0 Å². The molecule has 0 aliphatic heterocycles. The summed E-state index contributed by atoms with van der Waals surface area (Å²) < 4.78 is 0. The first kappa shape index (κ1) is 27.1. The normalized spacial score (nSPS) is 54.6. The highest BCUT2D eigenvalue weighted by Crippen LogP contribution is 2.75. The van der Waals surface area contributed by atoms with Gasteiger partial charge >= 0.3 is 11.9 Å². The number of aliphatic hydroxyl groups excluding tert-OH is 3. The van der Waals surface area contributed by atoms with Gasteiger partial charge in [-0.1, -0.05) is 46.3 Å². The maximum atomic E-state index is 12.8. The molecule has 0 heterocycles. The van der Waals surface area contributed by atoms with Crippen molar-refractivity contribution in [2.45, 2.75) is 111 Å². The Morgan fingerprint density at radius 2 is 1.43 bits per heavy atom. The zero-order chi connectivity index (χ0) is 27.6. The van der Waals surface area contributed by atoms with Gasteiger partial charge in [0.25, 0.3) is 0 Å². The first-order valence-corrected chi connectivity index (χ1v) is 14.1. The summed E-state index contributed by atoms with van der Waals surface area (Å²) in [6.45, 7) is 12.3. The second-order valence-corrected chi connectivity index (χ2v) is 15.0. The number of allylic oxidation sites excluding steroid dienone is 1. The molecule has 4 fully saturated rings. The Morgan fingerprint density at radius 1 is 0.811 bits per heavy atom. The molecular weight excluding hydrogens is 472 g/mol. The van der Waals surface area contributed by atoms with Gasteiger partial charge in [-0.25, -0.2) is 0 Å². The minimum atomic E-state index is -1.44. The lowest BCUT2D eigenvalue weighted by Crippen LogP contribution is -2.69. The molecule has 0 bridgehead atoms. The van der Waals surface area contributed by atoms with Crippen molar-refractivity contribution in [3.05, 3.63) is 11.6 Å². The standard InChI is InChI=1S/C30H46O7/c1-25(2)11-13-30(24(36)37)14-12-27(4)16(20(30)22(25)33)7-8-18-26(3)15-17(31)21(32)29(6,23(34)35)19(26)9-10-28(18,27)5/h7,17-22,31-33H,8-15H2,1-6H3,(H,34,35)(H,36,37)/t17-,18-,19+,20-,21+,22-,26-,27-,28-,29+,30+/m1/s1. The zero-order valence-electron chi connectivity index (χ0n) is 23.3. The van der Waals surface area contributed by atoms with Crippen LogP contribution in [0.2, 0.25) is 0 Å². The van der Waals surface area contributed by atoms with Crippen LogP contribution in [0.5, 0.6) is 0 Å². The van der Waals surface area contributed by atoms with Gasteiger partial charge in [0, 0.05) is 5.92 Å². The van der Waals surface area contributed by atoms with Gasteiger partial charge in [0.1, 0.15) is 0 Å². The summed E-state index contributed by atoms with van der Waals surface area (Å²) in [5, 5.41) is 54.3. The van der Waals surface area contributed by atoms with Crippen LogP contribution in [0.3, 0.4) is 0 Å². The monoisotopic (exact) mass is 518 g/mol. The number of hydrogen-bond donors (Lipinski definition) is 5. The fourth-order valence-electron chi connectivity index (χ4n) is 10.7. The van der Waals surface area contributed by atoms with Crippen LogP contribution in [-0.4, -0.2) is 55.8 Å². The largest absolute Gasteiger partial charge is 0.481 e. The van der Waals surface area contributed by atoms with E-state index in [1.54, 1.807) is 6.92 Å². The minimum absolute atomic E-state index is 0.0689. The minimum Gasteiger partial charge on any atom is -0.481 e. The molecule has 5 aliphatic rings. The molecule has 7 heteroatoms. The van der Waals surface area contributed by atoms with Crippen LogP contribution in [0.1, 0.15) is 92.9 Å².